The molecule has 6 heteroatoms. The second-order valence-corrected chi connectivity index (χ2v) is 4.07. The summed E-state index contributed by atoms with van der Waals surface area (Å²) in [5.74, 6) is -0.672. The maximum absolute atomic E-state index is 11.4. The molecule has 1 unspecified atom stereocenters. The van der Waals surface area contributed by atoms with Gasteiger partial charge in [0.2, 0.25) is 5.91 Å². The zero-order chi connectivity index (χ0) is 12.7. The van der Waals surface area contributed by atoms with Crippen molar-refractivity contribution in [1.29, 1.82) is 0 Å². The quantitative estimate of drug-likeness (QED) is 0.634. The van der Waals surface area contributed by atoms with Crippen molar-refractivity contribution >= 4 is 11.9 Å². The third-order valence-corrected chi connectivity index (χ3v) is 2.70. The highest BCUT2D eigenvalue weighted by molar-refractivity contribution is 5.83. The number of hydrogen-bond acceptors (Lipinski definition) is 5. The number of ether oxygens (including phenoxy) is 2. The monoisotopic (exact) mass is 244 g/mol. The maximum Gasteiger partial charge on any atom is 0.329 e. The molecular weight excluding hydrogens is 224 g/mol. The smallest absolute Gasteiger partial charge is 0.329 e. The number of hydrogen-bond donors (Lipinski definition) is 2. The Morgan fingerprint density at radius 2 is 2.06 bits per heavy atom. The van der Waals surface area contributed by atoms with E-state index < -0.39 is 12.0 Å². The Balaban J connectivity index is 2.36. The molecule has 0 aromatic carbocycles. The second kappa shape index (κ2) is 7.24. The summed E-state index contributed by atoms with van der Waals surface area (Å²) in [6.07, 6.45) is 1.85. The summed E-state index contributed by atoms with van der Waals surface area (Å²) in [6, 6.07) is -0.287. The molecule has 1 aliphatic rings. The first-order valence-corrected chi connectivity index (χ1v) is 5.79. The van der Waals surface area contributed by atoms with Crippen LogP contribution in [0.15, 0.2) is 0 Å². The highest BCUT2D eigenvalue weighted by Gasteiger charge is 2.22. The molecule has 1 aliphatic heterocycles. The van der Waals surface area contributed by atoms with E-state index in [1.165, 1.54) is 14.0 Å². The van der Waals surface area contributed by atoms with E-state index in [2.05, 4.69) is 15.4 Å². The molecule has 1 amide bonds. The minimum atomic E-state index is -0.625. The molecule has 1 saturated heterocycles. The van der Waals surface area contributed by atoms with Crippen LogP contribution < -0.4 is 10.6 Å². The predicted octanol–water partition coefficient (Wildman–Crippen LogP) is -0.567. The molecule has 17 heavy (non-hydrogen) atoms. The van der Waals surface area contributed by atoms with Gasteiger partial charge in [0.1, 0.15) is 6.04 Å². The minimum absolute atomic E-state index is 0.242. The van der Waals surface area contributed by atoms with Gasteiger partial charge in [0.05, 0.1) is 7.11 Å². The Morgan fingerprint density at radius 3 is 2.59 bits per heavy atom. The molecule has 98 valence electrons. The van der Waals surface area contributed by atoms with Gasteiger partial charge in [-0.3, -0.25) is 4.79 Å². The Morgan fingerprint density at radius 1 is 1.41 bits per heavy atom. The Labute approximate surface area is 101 Å². The molecule has 1 fully saturated rings. The van der Waals surface area contributed by atoms with Crippen molar-refractivity contribution in [3.05, 3.63) is 0 Å². The molecule has 1 atom stereocenters. The molecule has 0 radical (unpaired) electrons. The number of esters is 1. The summed E-state index contributed by atoms with van der Waals surface area (Å²) in [7, 11) is 1.31. The van der Waals surface area contributed by atoms with E-state index >= 15 is 0 Å². The summed E-state index contributed by atoms with van der Waals surface area (Å²) in [5.41, 5.74) is 0. The van der Waals surface area contributed by atoms with Crippen LogP contribution >= 0.6 is 0 Å². The van der Waals surface area contributed by atoms with Gasteiger partial charge >= 0.3 is 5.97 Å². The Kier molecular flexibility index (Phi) is 5.93. The molecule has 0 aromatic heterocycles. The first-order chi connectivity index (χ1) is 8.13. The van der Waals surface area contributed by atoms with Crippen molar-refractivity contribution in [3.63, 3.8) is 0 Å². The number of rotatable bonds is 5. The zero-order valence-electron chi connectivity index (χ0n) is 10.3. The molecule has 0 saturated carbocycles. The van der Waals surface area contributed by atoms with Crippen LogP contribution in [0.1, 0.15) is 19.8 Å². The van der Waals surface area contributed by atoms with Crippen LogP contribution in [0.25, 0.3) is 0 Å². The number of amides is 1. The fourth-order valence-electron chi connectivity index (χ4n) is 1.77. The fraction of sp³-hybridized carbons (Fsp3) is 0.818. The summed E-state index contributed by atoms with van der Waals surface area (Å²) < 4.78 is 9.87. The van der Waals surface area contributed by atoms with Gasteiger partial charge in [-0.05, 0) is 12.8 Å². The van der Waals surface area contributed by atoms with E-state index in [9.17, 15) is 9.59 Å². The standard InChI is InChI=1S/C11H20N2O4/c1-8(14)13-10(11(15)16-2)7-12-9-3-5-17-6-4-9/h9-10,12H,3-7H2,1-2H3,(H,13,14). The average Bonchev–Trinajstić information content (AvgIpc) is 2.34. The van der Waals surface area contributed by atoms with Crippen molar-refractivity contribution < 1.29 is 19.1 Å². The number of carbonyl (C=O) groups excluding carboxylic acids is 2. The normalized spacial score (nSPS) is 18.5. The summed E-state index contributed by atoms with van der Waals surface area (Å²) in [4.78, 5) is 22.4. The Bertz CT molecular complexity index is 264. The lowest BCUT2D eigenvalue weighted by molar-refractivity contribution is -0.144. The number of nitrogens with one attached hydrogen (secondary N) is 2. The van der Waals surface area contributed by atoms with Crippen molar-refractivity contribution in [2.24, 2.45) is 0 Å². The minimum Gasteiger partial charge on any atom is -0.467 e. The van der Waals surface area contributed by atoms with Crippen LogP contribution in [0.2, 0.25) is 0 Å². The molecule has 1 heterocycles. The van der Waals surface area contributed by atoms with E-state index in [1.54, 1.807) is 0 Å². The summed E-state index contributed by atoms with van der Waals surface area (Å²) >= 11 is 0. The van der Waals surface area contributed by atoms with Crippen LogP contribution in [-0.2, 0) is 19.1 Å². The van der Waals surface area contributed by atoms with Crippen LogP contribution in [0, 0.1) is 0 Å². The fourth-order valence-corrected chi connectivity index (χ4v) is 1.77. The molecular formula is C11H20N2O4. The van der Waals surface area contributed by atoms with E-state index in [4.69, 9.17) is 4.74 Å². The zero-order valence-corrected chi connectivity index (χ0v) is 10.3. The van der Waals surface area contributed by atoms with Gasteiger partial charge in [-0.1, -0.05) is 0 Å². The molecule has 0 bridgehead atoms. The number of methoxy groups -OCH3 is 1. The summed E-state index contributed by atoms with van der Waals surface area (Å²) in [6.45, 7) is 3.24. The van der Waals surface area contributed by atoms with Crippen molar-refractivity contribution in [2.45, 2.75) is 31.8 Å². The highest BCUT2D eigenvalue weighted by Crippen LogP contribution is 2.05. The van der Waals surface area contributed by atoms with Gasteiger partial charge < -0.3 is 20.1 Å². The second-order valence-electron chi connectivity index (χ2n) is 4.07. The van der Waals surface area contributed by atoms with Crippen LogP contribution in [-0.4, -0.2) is 50.8 Å². The van der Waals surface area contributed by atoms with E-state index in [0.717, 1.165) is 26.1 Å². The van der Waals surface area contributed by atoms with Crippen LogP contribution in [0.5, 0.6) is 0 Å². The van der Waals surface area contributed by atoms with Gasteiger partial charge in [-0.25, -0.2) is 4.79 Å². The topological polar surface area (TPSA) is 76.7 Å². The van der Waals surface area contributed by atoms with Gasteiger partial charge in [0.15, 0.2) is 0 Å². The third-order valence-electron chi connectivity index (χ3n) is 2.70. The SMILES string of the molecule is COC(=O)C(CNC1CCOCC1)NC(C)=O. The lowest BCUT2D eigenvalue weighted by Crippen LogP contribution is -2.50. The first-order valence-electron chi connectivity index (χ1n) is 5.79. The first kappa shape index (κ1) is 13.9. The van der Waals surface area contributed by atoms with Gasteiger partial charge in [0, 0.05) is 32.7 Å². The van der Waals surface area contributed by atoms with Gasteiger partial charge in [-0.15, -0.1) is 0 Å². The van der Waals surface area contributed by atoms with E-state index in [-0.39, 0.29) is 5.91 Å². The average molecular weight is 244 g/mol. The molecule has 2 N–H and O–H groups in total. The van der Waals surface area contributed by atoms with E-state index in [1.807, 2.05) is 0 Å². The van der Waals surface area contributed by atoms with Crippen molar-refractivity contribution in [2.75, 3.05) is 26.9 Å². The van der Waals surface area contributed by atoms with Gasteiger partial charge in [-0.2, -0.15) is 0 Å². The molecule has 0 aliphatic carbocycles. The van der Waals surface area contributed by atoms with Crippen LogP contribution in [0.3, 0.4) is 0 Å². The summed E-state index contributed by atoms with van der Waals surface area (Å²) in [5, 5.41) is 5.81. The van der Waals surface area contributed by atoms with E-state index in [0.29, 0.717) is 12.6 Å². The van der Waals surface area contributed by atoms with Crippen molar-refractivity contribution in [3.8, 4) is 0 Å². The molecule has 0 aromatic rings. The molecule has 1 rings (SSSR count). The largest absolute Gasteiger partial charge is 0.467 e. The lowest BCUT2D eigenvalue weighted by Gasteiger charge is -2.25. The third kappa shape index (κ3) is 5.14. The van der Waals surface area contributed by atoms with Crippen molar-refractivity contribution in [1.82, 2.24) is 10.6 Å². The maximum atomic E-state index is 11.4. The predicted molar refractivity (Wildman–Crippen MR) is 61.5 cm³/mol. The number of carbonyl (C=O) groups is 2. The van der Waals surface area contributed by atoms with Gasteiger partial charge in [0.25, 0.3) is 0 Å². The highest BCUT2D eigenvalue weighted by atomic mass is 16.5. The van der Waals surface area contributed by atoms with Crippen LogP contribution in [0.4, 0.5) is 0 Å². The lowest BCUT2D eigenvalue weighted by atomic mass is 10.1. The Hall–Kier alpha value is -1.14. The molecule has 6 nitrogen and oxygen atoms in total. The molecule has 0 spiro atoms.